The molecule has 3 heterocycles. The van der Waals surface area contributed by atoms with E-state index in [0.29, 0.717) is 22.7 Å². The molecule has 1 aromatic heterocycles. The first kappa shape index (κ1) is 16.4. The Hall–Kier alpha value is -3.07. The number of nitrogens with one attached hydrogen (secondary N) is 2. The molecular formula is C17H14N4O4S. The maximum atomic E-state index is 12.6. The van der Waals surface area contributed by atoms with E-state index in [1.807, 2.05) is 0 Å². The lowest BCUT2D eigenvalue weighted by Crippen LogP contribution is -2.52. The highest BCUT2D eigenvalue weighted by Crippen LogP contribution is 2.29. The molecular weight excluding hydrogens is 356 g/mol. The summed E-state index contributed by atoms with van der Waals surface area (Å²) < 4.78 is 0. The SMILES string of the molecule is O=C1CCC(N2Cc3cc(NC(=O)c4nccs4)ccc3C2=O)C(=O)N1. The van der Waals surface area contributed by atoms with Crippen LogP contribution in [0.3, 0.4) is 0 Å². The molecule has 4 amide bonds. The van der Waals surface area contributed by atoms with E-state index in [0.717, 1.165) is 5.56 Å². The zero-order valence-corrected chi connectivity index (χ0v) is 14.3. The number of fused-ring (bicyclic) bond motifs is 1. The lowest BCUT2D eigenvalue weighted by atomic mass is 10.0. The Kier molecular flexibility index (Phi) is 4.00. The minimum Gasteiger partial charge on any atom is -0.322 e. The fraction of sp³-hybridized carbons (Fsp3) is 0.235. The molecule has 0 spiro atoms. The number of amides is 4. The molecule has 0 bridgehead atoms. The zero-order chi connectivity index (χ0) is 18.3. The highest BCUT2D eigenvalue weighted by molar-refractivity contribution is 7.11. The second-order valence-corrected chi connectivity index (χ2v) is 6.96. The molecule has 2 aliphatic rings. The van der Waals surface area contributed by atoms with Crippen molar-refractivity contribution in [3.05, 3.63) is 45.9 Å². The van der Waals surface area contributed by atoms with Crippen molar-refractivity contribution in [3.8, 4) is 0 Å². The van der Waals surface area contributed by atoms with Crippen LogP contribution in [-0.4, -0.2) is 39.6 Å². The molecule has 4 rings (SSSR count). The van der Waals surface area contributed by atoms with Gasteiger partial charge in [-0.2, -0.15) is 0 Å². The molecule has 132 valence electrons. The second kappa shape index (κ2) is 6.34. The number of thiazole rings is 1. The molecule has 8 nitrogen and oxygen atoms in total. The van der Waals surface area contributed by atoms with Gasteiger partial charge in [-0.15, -0.1) is 11.3 Å². The predicted molar refractivity (Wildman–Crippen MR) is 92.6 cm³/mol. The normalized spacial score (nSPS) is 19.3. The van der Waals surface area contributed by atoms with Crippen LogP contribution >= 0.6 is 11.3 Å². The predicted octanol–water partition coefficient (Wildman–Crippen LogP) is 1.16. The van der Waals surface area contributed by atoms with Crippen molar-refractivity contribution < 1.29 is 19.2 Å². The third-order valence-corrected chi connectivity index (χ3v) is 5.18. The van der Waals surface area contributed by atoms with Crippen LogP contribution < -0.4 is 10.6 Å². The largest absolute Gasteiger partial charge is 0.322 e. The molecule has 2 aromatic rings. The number of carbonyl (C=O) groups excluding carboxylic acids is 4. The Balaban J connectivity index is 1.52. The molecule has 1 unspecified atom stereocenters. The van der Waals surface area contributed by atoms with Gasteiger partial charge in [0, 0.05) is 35.8 Å². The lowest BCUT2D eigenvalue weighted by Gasteiger charge is -2.29. The minimum absolute atomic E-state index is 0.214. The third-order valence-electron chi connectivity index (χ3n) is 4.41. The molecule has 1 atom stereocenters. The fourth-order valence-corrected chi connectivity index (χ4v) is 3.70. The van der Waals surface area contributed by atoms with Crippen molar-refractivity contribution in [2.24, 2.45) is 0 Å². The summed E-state index contributed by atoms with van der Waals surface area (Å²) in [5.74, 6) is -1.32. The van der Waals surface area contributed by atoms with Gasteiger partial charge < -0.3 is 10.2 Å². The summed E-state index contributed by atoms with van der Waals surface area (Å²) in [5, 5.41) is 7.10. The van der Waals surface area contributed by atoms with Crippen LogP contribution in [0.2, 0.25) is 0 Å². The smallest absolute Gasteiger partial charge is 0.284 e. The van der Waals surface area contributed by atoms with Crippen molar-refractivity contribution in [1.29, 1.82) is 0 Å². The molecule has 0 aliphatic carbocycles. The summed E-state index contributed by atoms with van der Waals surface area (Å²) in [6.07, 6.45) is 2.09. The summed E-state index contributed by atoms with van der Waals surface area (Å²) in [6.45, 7) is 0.265. The Labute approximate surface area is 152 Å². The Morgan fingerprint density at radius 1 is 1.31 bits per heavy atom. The monoisotopic (exact) mass is 370 g/mol. The Morgan fingerprint density at radius 3 is 2.88 bits per heavy atom. The van der Waals surface area contributed by atoms with Gasteiger partial charge >= 0.3 is 0 Å². The highest BCUT2D eigenvalue weighted by atomic mass is 32.1. The van der Waals surface area contributed by atoms with Gasteiger partial charge in [-0.05, 0) is 30.2 Å². The van der Waals surface area contributed by atoms with Crippen molar-refractivity contribution in [1.82, 2.24) is 15.2 Å². The van der Waals surface area contributed by atoms with Gasteiger partial charge in [0.1, 0.15) is 6.04 Å². The first-order valence-electron chi connectivity index (χ1n) is 8.01. The Morgan fingerprint density at radius 2 is 2.15 bits per heavy atom. The molecule has 1 aromatic carbocycles. The van der Waals surface area contributed by atoms with E-state index >= 15 is 0 Å². The molecule has 0 saturated carbocycles. The number of carbonyl (C=O) groups is 4. The molecule has 1 fully saturated rings. The molecule has 1 saturated heterocycles. The summed E-state index contributed by atoms with van der Waals surface area (Å²) in [6, 6.07) is 4.36. The standard InChI is InChI=1S/C17H14N4O4S/c22-13-4-3-12(14(23)20-13)21-8-9-7-10(1-2-11(9)17(21)25)19-15(24)16-18-5-6-26-16/h1-2,5-7,12H,3-4,8H2,(H,19,24)(H,20,22,23). The van der Waals surface area contributed by atoms with Gasteiger partial charge in [-0.25, -0.2) is 4.98 Å². The number of nitrogens with zero attached hydrogens (tertiary/aromatic N) is 2. The van der Waals surface area contributed by atoms with Crippen molar-refractivity contribution in [3.63, 3.8) is 0 Å². The number of rotatable bonds is 3. The van der Waals surface area contributed by atoms with E-state index in [1.165, 1.54) is 16.2 Å². The van der Waals surface area contributed by atoms with E-state index in [4.69, 9.17) is 0 Å². The molecule has 9 heteroatoms. The molecule has 2 aliphatic heterocycles. The van der Waals surface area contributed by atoms with Crippen LogP contribution in [0.25, 0.3) is 0 Å². The van der Waals surface area contributed by atoms with Gasteiger partial charge in [-0.3, -0.25) is 24.5 Å². The summed E-state index contributed by atoms with van der Waals surface area (Å²) >= 11 is 1.24. The lowest BCUT2D eigenvalue weighted by molar-refractivity contribution is -0.136. The number of piperidine rings is 1. The average Bonchev–Trinajstić information content (AvgIpc) is 3.24. The van der Waals surface area contributed by atoms with Gasteiger partial charge in [0.05, 0.1) is 0 Å². The number of imide groups is 1. The minimum atomic E-state index is -0.652. The topological polar surface area (TPSA) is 108 Å². The van der Waals surface area contributed by atoms with Crippen LogP contribution in [0.4, 0.5) is 5.69 Å². The van der Waals surface area contributed by atoms with Gasteiger partial charge in [-0.1, -0.05) is 0 Å². The quantitative estimate of drug-likeness (QED) is 0.788. The highest BCUT2D eigenvalue weighted by Gasteiger charge is 2.39. The zero-order valence-electron chi connectivity index (χ0n) is 13.5. The summed E-state index contributed by atoms with van der Waals surface area (Å²) in [5.41, 5.74) is 1.79. The summed E-state index contributed by atoms with van der Waals surface area (Å²) in [4.78, 5) is 53.5. The van der Waals surface area contributed by atoms with Gasteiger partial charge in [0.2, 0.25) is 11.8 Å². The first-order valence-corrected chi connectivity index (χ1v) is 8.89. The van der Waals surface area contributed by atoms with Crippen LogP contribution in [0.5, 0.6) is 0 Å². The number of aromatic nitrogens is 1. The maximum absolute atomic E-state index is 12.6. The van der Waals surface area contributed by atoms with E-state index in [9.17, 15) is 19.2 Å². The van der Waals surface area contributed by atoms with E-state index in [1.54, 1.807) is 29.8 Å². The number of anilines is 1. The van der Waals surface area contributed by atoms with Gasteiger partial charge in [0.25, 0.3) is 11.8 Å². The third kappa shape index (κ3) is 2.86. The summed E-state index contributed by atoms with van der Waals surface area (Å²) in [7, 11) is 0. The van der Waals surface area contributed by atoms with Crippen molar-refractivity contribution in [2.75, 3.05) is 5.32 Å². The van der Waals surface area contributed by atoms with Crippen LogP contribution in [0.15, 0.2) is 29.8 Å². The van der Waals surface area contributed by atoms with E-state index in [2.05, 4.69) is 15.6 Å². The molecule has 0 radical (unpaired) electrons. The number of benzene rings is 1. The number of hydrogen-bond acceptors (Lipinski definition) is 6. The van der Waals surface area contributed by atoms with Gasteiger partial charge in [0.15, 0.2) is 5.01 Å². The molecule has 26 heavy (non-hydrogen) atoms. The van der Waals surface area contributed by atoms with Crippen LogP contribution in [0, 0.1) is 0 Å². The number of hydrogen-bond donors (Lipinski definition) is 2. The second-order valence-electron chi connectivity index (χ2n) is 6.06. The first-order chi connectivity index (χ1) is 12.5. The molecule has 2 N–H and O–H groups in total. The van der Waals surface area contributed by atoms with Crippen LogP contribution in [0.1, 0.15) is 38.6 Å². The average molecular weight is 370 g/mol. The van der Waals surface area contributed by atoms with E-state index in [-0.39, 0.29) is 30.7 Å². The Bertz CT molecular complexity index is 925. The fourth-order valence-electron chi connectivity index (χ4n) is 3.17. The van der Waals surface area contributed by atoms with Crippen molar-refractivity contribution in [2.45, 2.75) is 25.4 Å². The van der Waals surface area contributed by atoms with Crippen LogP contribution in [-0.2, 0) is 16.1 Å². The van der Waals surface area contributed by atoms with E-state index < -0.39 is 11.9 Å². The van der Waals surface area contributed by atoms with Crippen molar-refractivity contribution >= 4 is 40.7 Å². The maximum Gasteiger partial charge on any atom is 0.284 e.